The average molecular weight is 508 g/mol. The number of carbonyl (C=O) groups excluding carboxylic acids is 2. The normalized spacial score (nSPS) is 35.3. The smallest absolute Gasteiger partial charge is 0.309 e. The molecule has 0 radical (unpaired) electrons. The first kappa shape index (κ1) is 28.0. The van der Waals surface area contributed by atoms with Crippen LogP contribution in [-0.2, 0) is 19.1 Å². The number of epoxide rings is 1. The standard InChI is InChI=1S/C27H41NO6S/c1-14-9-8-10-20-22(33-20)12-21(15(2)11-19-17(4)35-18(5)28-19)34-24(30)13-23(29)27(6,7)26(32)16(3)25(14)31/h11,14,16,20-23,25,29,31H,8-10,12-13H2,1-7H3/b15-11+/t14-,16+,20+,21-,22-,23-,25?/m0/s1. The van der Waals surface area contributed by atoms with Gasteiger partial charge in [-0.15, -0.1) is 11.3 Å². The van der Waals surface area contributed by atoms with Crippen LogP contribution in [0.4, 0.5) is 0 Å². The van der Waals surface area contributed by atoms with Gasteiger partial charge in [0, 0.05) is 17.2 Å². The quantitative estimate of drug-likeness (QED) is 0.451. The Labute approximate surface area is 212 Å². The van der Waals surface area contributed by atoms with Gasteiger partial charge in [-0.2, -0.15) is 0 Å². The van der Waals surface area contributed by atoms with Crippen LogP contribution < -0.4 is 0 Å². The lowest BCUT2D eigenvalue weighted by Crippen LogP contribution is -2.45. The number of hydrogen-bond acceptors (Lipinski definition) is 8. The van der Waals surface area contributed by atoms with E-state index < -0.39 is 35.6 Å². The van der Waals surface area contributed by atoms with Crippen LogP contribution in [0.15, 0.2) is 5.57 Å². The van der Waals surface area contributed by atoms with Crippen molar-refractivity contribution in [2.24, 2.45) is 17.3 Å². The SMILES string of the molecule is C/C(=C\c1nc(C)sc1C)[C@@H]1C[C@@H]2O[C@@H]2CCC[C@H](C)C(O)[C@@H](C)C(=O)C(C)(C)[C@@H](O)CC(=O)O1. The minimum Gasteiger partial charge on any atom is -0.458 e. The molecule has 2 aliphatic rings. The number of hydrogen-bond donors (Lipinski definition) is 2. The number of carbonyl (C=O) groups is 2. The number of aliphatic hydroxyl groups is 2. The number of thiazole rings is 1. The van der Waals surface area contributed by atoms with Gasteiger partial charge >= 0.3 is 5.97 Å². The molecular formula is C27H41NO6S. The molecule has 0 aromatic carbocycles. The van der Waals surface area contributed by atoms with Crippen molar-refractivity contribution >= 4 is 29.2 Å². The first-order chi connectivity index (χ1) is 16.3. The van der Waals surface area contributed by atoms with Crippen LogP contribution in [-0.4, -0.2) is 57.5 Å². The Balaban J connectivity index is 1.84. The number of ketones is 1. The van der Waals surface area contributed by atoms with Gasteiger partial charge in [0.1, 0.15) is 11.9 Å². The van der Waals surface area contributed by atoms with Gasteiger partial charge in [-0.25, -0.2) is 4.98 Å². The third kappa shape index (κ3) is 6.79. The van der Waals surface area contributed by atoms with E-state index in [0.29, 0.717) is 6.42 Å². The van der Waals surface area contributed by atoms with Crippen molar-refractivity contribution in [3.8, 4) is 0 Å². The number of Topliss-reactive ketones (excluding diaryl/α,β-unsaturated/α-hetero) is 1. The van der Waals surface area contributed by atoms with E-state index in [1.54, 1.807) is 32.1 Å². The third-order valence-corrected chi connectivity index (χ3v) is 8.61. The largest absolute Gasteiger partial charge is 0.458 e. The minimum absolute atomic E-state index is 0.00409. The zero-order chi connectivity index (χ0) is 26.1. The number of cyclic esters (lactones) is 1. The maximum atomic E-state index is 13.2. The van der Waals surface area contributed by atoms with Crippen LogP contribution in [0.2, 0.25) is 0 Å². The molecule has 8 heteroatoms. The highest BCUT2D eigenvalue weighted by Gasteiger charge is 2.44. The lowest BCUT2D eigenvalue weighted by atomic mass is 9.73. The minimum atomic E-state index is -1.22. The monoisotopic (exact) mass is 507 g/mol. The summed E-state index contributed by atoms with van der Waals surface area (Å²) in [5.74, 6) is -1.52. The molecule has 0 bridgehead atoms. The zero-order valence-electron chi connectivity index (χ0n) is 22.0. The summed E-state index contributed by atoms with van der Waals surface area (Å²) in [5.41, 5.74) is 0.545. The summed E-state index contributed by atoms with van der Waals surface area (Å²) < 4.78 is 11.8. The number of rotatable bonds is 2. The topological polar surface area (TPSA) is 109 Å². The highest BCUT2D eigenvalue weighted by Crippen LogP contribution is 2.36. The second-order valence-electron chi connectivity index (χ2n) is 11.0. The fourth-order valence-electron chi connectivity index (χ4n) is 5.00. The molecule has 3 rings (SSSR count). The Bertz CT molecular complexity index is 953. The lowest BCUT2D eigenvalue weighted by molar-refractivity contribution is -0.154. The molecule has 7 atom stereocenters. The van der Waals surface area contributed by atoms with Crippen LogP contribution >= 0.6 is 11.3 Å². The molecule has 1 aromatic heterocycles. The first-order valence-corrected chi connectivity index (χ1v) is 13.5. The fourth-order valence-corrected chi connectivity index (χ4v) is 5.79. The first-order valence-electron chi connectivity index (χ1n) is 12.7. The van der Waals surface area contributed by atoms with Crippen LogP contribution in [0.25, 0.3) is 6.08 Å². The van der Waals surface area contributed by atoms with E-state index in [0.717, 1.165) is 40.4 Å². The number of esters is 1. The van der Waals surface area contributed by atoms with E-state index >= 15 is 0 Å². The molecular weight excluding hydrogens is 466 g/mol. The van der Waals surface area contributed by atoms with E-state index in [1.807, 2.05) is 33.8 Å². The highest BCUT2D eigenvalue weighted by molar-refractivity contribution is 7.11. The lowest BCUT2D eigenvalue weighted by Gasteiger charge is -2.34. The number of aryl methyl sites for hydroxylation is 2. The van der Waals surface area contributed by atoms with Crippen molar-refractivity contribution in [2.45, 2.75) is 111 Å². The van der Waals surface area contributed by atoms with Gasteiger partial charge in [-0.05, 0) is 51.2 Å². The second-order valence-corrected chi connectivity index (χ2v) is 12.4. The number of fused-ring (bicyclic) bond motifs is 1. The van der Waals surface area contributed by atoms with E-state index in [4.69, 9.17) is 9.47 Å². The molecule has 2 fully saturated rings. The average Bonchev–Trinajstić information content (AvgIpc) is 3.44. The maximum Gasteiger partial charge on any atom is 0.309 e. The Hall–Kier alpha value is -1.61. The number of ether oxygens (including phenoxy) is 2. The molecule has 0 amide bonds. The summed E-state index contributed by atoms with van der Waals surface area (Å²) in [6, 6.07) is 0. The molecule has 2 aliphatic heterocycles. The number of aliphatic hydroxyl groups excluding tert-OH is 2. The Morgan fingerprint density at radius 1 is 1.14 bits per heavy atom. The summed E-state index contributed by atoms with van der Waals surface area (Å²) >= 11 is 1.62. The molecule has 2 saturated heterocycles. The van der Waals surface area contributed by atoms with Gasteiger partial charge in [-0.3, -0.25) is 9.59 Å². The van der Waals surface area contributed by atoms with Gasteiger partial charge in [0.25, 0.3) is 0 Å². The summed E-state index contributed by atoms with van der Waals surface area (Å²) in [6.45, 7) is 12.8. The van der Waals surface area contributed by atoms with E-state index in [1.165, 1.54) is 0 Å². The molecule has 0 spiro atoms. The van der Waals surface area contributed by atoms with E-state index in [2.05, 4.69) is 4.98 Å². The van der Waals surface area contributed by atoms with Gasteiger partial charge in [0.15, 0.2) is 0 Å². The van der Waals surface area contributed by atoms with Crippen molar-refractivity contribution in [3.05, 3.63) is 21.2 Å². The molecule has 196 valence electrons. The summed E-state index contributed by atoms with van der Waals surface area (Å²) in [7, 11) is 0. The Kier molecular flexibility index (Phi) is 8.95. The van der Waals surface area contributed by atoms with Gasteiger partial charge in [0.2, 0.25) is 0 Å². The summed E-state index contributed by atoms with van der Waals surface area (Å²) in [6.07, 6.45) is 2.30. The van der Waals surface area contributed by atoms with Crippen molar-refractivity contribution < 1.29 is 29.3 Å². The fraction of sp³-hybridized carbons (Fsp3) is 0.741. The predicted molar refractivity (Wildman–Crippen MR) is 136 cm³/mol. The molecule has 0 aliphatic carbocycles. The van der Waals surface area contributed by atoms with Crippen molar-refractivity contribution in [1.29, 1.82) is 0 Å². The maximum absolute atomic E-state index is 13.2. The van der Waals surface area contributed by atoms with Crippen LogP contribution in [0, 0.1) is 31.1 Å². The summed E-state index contributed by atoms with van der Waals surface area (Å²) in [5, 5.41) is 22.6. The number of aromatic nitrogens is 1. The second kappa shape index (κ2) is 11.2. The predicted octanol–water partition coefficient (Wildman–Crippen LogP) is 4.40. The van der Waals surface area contributed by atoms with E-state index in [9.17, 15) is 19.8 Å². The molecule has 1 unspecified atom stereocenters. The molecule has 3 heterocycles. The van der Waals surface area contributed by atoms with Gasteiger partial charge in [0.05, 0.1) is 47.0 Å². The Morgan fingerprint density at radius 3 is 2.46 bits per heavy atom. The summed E-state index contributed by atoms with van der Waals surface area (Å²) in [4.78, 5) is 31.8. The van der Waals surface area contributed by atoms with Gasteiger partial charge in [-0.1, -0.05) is 34.1 Å². The van der Waals surface area contributed by atoms with Crippen molar-refractivity contribution in [1.82, 2.24) is 4.98 Å². The highest BCUT2D eigenvalue weighted by atomic mass is 32.1. The van der Waals surface area contributed by atoms with Crippen LogP contribution in [0.1, 0.15) is 82.3 Å². The molecule has 0 saturated carbocycles. The van der Waals surface area contributed by atoms with Crippen molar-refractivity contribution in [2.75, 3.05) is 0 Å². The van der Waals surface area contributed by atoms with Crippen LogP contribution in [0.5, 0.6) is 0 Å². The van der Waals surface area contributed by atoms with Gasteiger partial charge < -0.3 is 19.7 Å². The van der Waals surface area contributed by atoms with Crippen LogP contribution in [0.3, 0.4) is 0 Å². The molecule has 2 N–H and O–H groups in total. The molecule has 35 heavy (non-hydrogen) atoms. The Morgan fingerprint density at radius 2 is 1.83 bits per heavy atom. The molecule has 7 nitrogen and oxygen atoms in total. The zero-order valence-corrected chi connectivity index (χ0v) is 22.9. The molecule has 1 aromatic rings. The third-order valence-electron chi connectivity index (χ3n) is 7.70. The number of nitrogens with zero attached hydrogens (tertiary/aromatic N) is 1. The van der Waals surface area contributed by atoms with Crippen molar-refractivity contribution in [3.63, 3.8) is 0 Å². The van der Waals surface area contributed by atoms with E-state index in [-0.39, 0.29) is 30.3 Å².